The number of hydrogen-bond donors (Lipinski definition) is 1. The quantitative estimate of drug-likeness (QED) is 0.341. The molecule has 1 atom stereocenters. The van der Waals surface area contributed by atoms with Crippen molar-refractivity contribution in [3.63, 3.8) is 0 Å². The number of unbranched alkanes of at least 4 members (excludes halogenated alkanes) is 13. The van der Waals surface area contributed by atoms with Crippen molar-refractivity contribution in [3.05, 3.63) is 0 Å². The number of methoxy groups -OCH3 is 1. The first kappa shape index (κ1) is 20.9. The van der Waals surface area contributed by atoms with Crippen molar-refractivity contribution < 1.29 is 9.84 Å². The monoisotopic (exact) mass is 300 g/mol. The van der Waals surface area contributed by atoms with E-state index in [9.17, 15) is 0 Å². The number of rotatable bonds is 17. The second-order valence-corrected chi connectivity index (χ2v) is 6.51. The second kappa shape index (κ2) is 18.0. The van der Waals surface area contributed by atoms with Crippen LogP contribution in [-0.4, -0.2) is 24.9 Å². The Hall–Kier alpha value is -0.0800. The van der Waals surface area contributed by atoms with Gasteiger partial charge in [-0.25, -0.2) is 0 Å². The summed E-state index contributed by atoms with van der Waals surface area (Å²) < 4.78 is 5.26. The maximum atomic E-state index is 8.69. The standard InChI is InChI=1S/C19H40O2/c1-19(21-2)17-15-13-11-9-7-5-3-4-6-8-10-12-14-16-18-20/h19-20H,3-18H2,1-2H3. The fourth-order valence-corrected chi connectivity index (χ4v) is 2.78. The van der Waals surface area contributed by atoms with E-state index in [2.05, 4.69) is 6.92 Å². The van der Waals surface area contributed by atoms with Crippen LogP contribution in [0, 0.1) is 0 Å². The van der Waals surface area contributed by atoms with E-state index in [0.29, 0.717) is 12.7 Å². The fourth-order valence-electron chi connectivity index (χ4n) is 2.78. The molecule has 0 amide bonds. The first-order valence-corrected chi connectivity index (χ1v) is 9.45. The zero-order valence-electron chi connectivity index (χ0n) is 14.7. The molecule has 128 valence electrons. The molecule has 21 heavy (non-hydrogen) atoms. The normalized spacial score (nSPS) is 12.7. The van der Waals surface area contributed by atoms with Gasteiger partial charge in [0.1, 0.15) is 0 Å². The van der Waals surface area contributed by atoms with E-state index in [1.54, 1.807) is 7.11 Å². The molecule has 2 nitrogen and oxygen atoms in total. The fraction of sp³-hybridized carbons (Fsp3) is 1.00. The molecule has 0 rings (SSSR count). The van der Waals surface area contributed by atoms with E-state index >= 15 is 0 Å². The summed E-state index contributed by atoms with van der Waals surface area (Å²) in [7, 11) is 1.81. The summed E-state index contributed by atoms with van der Waals surface area (Å²) >= 11 is 0. The zero-order valence-corrected chi connectivity index (χ0v) is 14.7. The largest absolute Gasteiger partial charge is 0.396 e. The molecule has 0 aromatic carbocycles. The van der Waals surface area contributed by atoms with E-state index in [-0.39, 0.29) is 0 Å². The Labute approximate surface area is 133 Å². The number of aliphatic hydroxyl groups is 1. The van der Waals surface area contributed by atoms with Gasteiger partial charge in [-0.2, -0.15) is 0 Å². The maximum Gasteiger partial charge on any atom is 0.0543 e. The molecule has 0 aliphatic carbocycles. The molecule has 0 aromatic heterocycles. The molecule has 0 saturated carbocycles. The van der Waals surface area contributed by atoms with Crippen molar-refractivity contribution in [2.24, 2.45) is 0 Å². The van der Waals surface area contributed by atoms with Gasteiger partial charge in [0.05, 0.1) is 6.10 Å². The zero-order chi connectivity index (χ0) is 15.6. The van der Waals surface area contributed by atoms with E-state index in [1.165, 1.54) is 89.9 Å². The first-order valence-electron chi connectivity index (χ1n) is 9.45. The maximum absolute atomic E-state index is 8.69. The minimum atomic E-state index is 0.366. The van der Waals surface area contributed by atoms with Gasteiger partial charge in [-0.05, 0) is 19.8 Å². The molecular formula is C19H40O2. The average molecular weight is 301 g/mol. The highest BCUT2D eigenvalue weighted by Crippen LogP contribution is 2.13. The molecular weight excluding hydrogens is 260 g/mol. The van der Waals surface area contributed by atoms with Gasteiger partial charge in [0.25, 0.3) is 0 Å². The predicted molar refractivity (Wildman–Crippen MR) is 92.8 cm³/mol. The van der Waals surface area contributed by atoms with Crippen LogP contribution < -0.4 is 0 Å². The van der Waals surface area contributed by atoms with Gasteiger partial charge >= 0.3 is 0 Å². The van der Waals surface area contributed by atoms with Gasteiger partial charge in [-0.3, -0.25) is 0 Å². The van der Waals surface area contributed by atoms with Crippen LogP contribution in [-0.2, 0) is 4.74 Å². The Morgan fingerprint density at radius 2 is 0.952 bits per heavy atom. The summed E-state index contributed by atoms with van der Waals surface area (Å²) in [5.74, 6) is 0. The Morgan fingerprint density at radius 1 is 0.619 bits per heavy atom. The van der Waals surface area contributed by atoms with Gasteiger partial charge in [0.2, 0.25) is 0 Å². The van der Waals surface area contributed by atoms with E-state index in [1.807, 2.05) is 0 Å². The van der Waals surface area contributed by atoms with Crippen LogP contribution >= 0.6 is 0 Å². The SMILES string of the molecule is COC(C)CCCCCCCCCCCCCCCCO. The lowest BCUT2D eigenvalue weighted by molar-refractivity contribution is 0.108. The van der Waals surface area contributed by atoms with Crippen LogP contribution in [0.5, 0.6) is 0 Å². The van der Waals surface area contributed by atoms with Crippen molar-refractivity contribution in [2.75, 3.05) is 13.7 Å². The summed E-state index contributed by atoms with van der Waals surface area (Å²) in [5.41, 5.74) is 0. The average Bonchev–Trinajstić information content (AvgIpc) is 2.50. The minimum Gasteiger partial charge on any atom is -0.396 e. The number of ether oxygens (including phenoxy) is 1. The van der Waals surface area contributed by atoms with Gasteiger partial charge < -0.3 is 9.84 Å². The topological polar surface area (TPSA) is 29.5 Å². The third kappa shape index (κ3) is 17.9. The molecule has 2 heteroatoms. The Bertz CT molecular complexity index is 182. The van der Waals surface area contributed by atoms with Crippen molar-refractivity contribution >= 4 is 0 Å². The van der Waals surface area contributed by atoms with Crippen LogP contribution in [0.25, 0.3) is 0 Å². The molecule has 0 radical (unpaired) electrons. The van der Waals surface area contributed by atoms with Crippen LogP contribution in [0.1, 0.15) is 103 Å². The summed E-state index contributed by atoms with van der Waals surface area (Å²) in [4.78, 5) is 0. The molecule has 1 N–H and O–H groups in total. The molecule has 0 heterocycles. The third-order valence-electron chi connectivity index (χ3n) is 4.42. The van der Waals surface area contributed by atoms with Gasteiger partial charge in [-0.15, -0.1) is 0 Å². The van der Waals surface area contributed by atoms with Gasteiger partial charge in [0, 0.05) is 13.7 Å². The Morgan fingerprint density at radius 3 is 1.29 bits per heavy atom. The van der Waals surface area contributed by atoms with Gasteiger partial charge in [0.15, 0.2) is 0 Å². The molecule has 0 aromatic rings. The smallest absolute Gasteiger partial charge is 0.0543 e. The molecule has 1 unspecified atom stereocenters. The highest BCUT2D eigenvalue weighted by molar-refractivity contribution is 4.52. The molecule has 0 aliphatic heterocycles. The summed E-state index contributed by atoms with van der Waals surface area (Å²) in [6.45, 7) is 2.53. The summed E-state index contributed by atoms with van der Waals surface area (Å²) in [6, 6.07) is 0. The molecule has 0 spiro atoms. The van der Waals surface area contributed by atoms with Crippen molar-refractivity contribution in [1.82, 2.24) is 0 Å². The van der Waals surface area contributed by atoms with Crippen LogP contribution in [0.3, 0.4) is 0 Å². The first-order chi connectivity index (χ1) is 10.3. The lowest BCUT2D eigenvalue weighted by Crippen LogP contribution is -2.03. The van der Waals surface area contributed by atoms with Crippen molar-refractivity contribution in [1.29, 1.82) is 0 Å². The highest BCUT2D eigenvalue weighted by Gasteiger charge is 1.98. The van der Waals surface area contributed by atoms with Crippen molar-refractivity contribution in [2.45, 2.75) is 109 Å². The molecule has 0 bridgehead atoms. The number of aliphatic hydroxyl groups excluding tert-OH is 1. The number of hydrogen-bond acceptors (Lipinski definition) is 2. The van der Waals surface area contributed by atoms with E-state index in [0.717, 1.165) is 6.42 Å². The summed E-state index contributed by atoms with van der Waals surface area (Å²) in [6.07, 6.45) is 20.6. The Kier molecular flexibility index (Phi) is 17.9. The molecule has 0 aliphatic rings. The third-order valence-corrected chi connectivity index (χ3v) is 4.42. The highest BCUT2D eigenvalue weighted by atomic mass is 16.5. The van der Waals surface area contributed by atoms with Crippen LogP contribution in [0.4, 0.5) is 0 Å². The van der Waals surface area contributed by atoms with Gasteiger partial charge in [-0.1, -0.05) is 83.5 Å². The Balaban J connectivity index is 2.96. The molecule has 0 saturated heterocycles. The lowest BCUT2D eigenvalue weighted by Gasteiger charge is -2.08. The molecule has 0 fully saturated rings. The van der Waals surface area contributed by atoms with E-state index < -0.39 is 0 Å². The van der Waals surface area contributed by atoms with Crippen LogP contribution in [0.2, 0.25) is 0 Å². The second-order valence-electron chi connectivity index (χ2n) is 6.51. The summed E-state index contributed by atoms with van der Waals surface area (Å²) in [5, 5.41) is 8.69. The predicted octanol–water partition coefficient (Wildman–Crippen LogP) is 5.87. The minimum absolute atomic E-state index is 0.366. The van der Waals surface area contributed by atoms with Crippen molar-refractivity contribution in [3.8, 4) is 0 Å². The van der Waals surface area contributed by atoms with E-state index in [4.69, 9.17) is 9.84 Å². The lowest BCUT2D eigenvalue weighted by atomic mass is 10.0. The van der Waals surface area contributed by atoms with Crippen LogP contribution in [0.15, 0.2) is 0 Å².